The molecule has 1 atom stereocenters. The standard InChI is InChI=1S/C14H14O3/c1-16-13-9-12(17-14(15)10-13)8-7-11-5-3-2-4-6-11/h2-8,10,12H,9H2,1H3/t12-/m1/s1. The highest BCUT2D eigenvalue weighted by molar-refractivity contribution is 5.83. The van der Waals surface area contributed by atoms with Gasteiger partial charge in [-0.1, -0.05) is 36.4 Å². The van der Waals surface area contributed by atoms with E-state index >= 15 is 0 Å². The molecule has 0 amide bonds. The summed E-state index contributed by atoms with van der Waals surface area (Å²) in [5.74, 6) is 0.305. The molecule has 0 bridgehead atoms. The van der Waals surface area contributed by atoms with E-state index in [1.165, 1.54) is 6.08 Å². The molecule has 3 heteroatoms. The van der Waals surface area contributed by atoms with Crippen LogP contribution in [0.1, 0.15) is 12.0 Å². The molecular formula is C14H14O3. The van der Waals surface area contributed by atoms with E-state index in [2.05, 4.69) is 0 Å². The number of carbonyl (C=O) groups is 1. The van der Waals surface area contributed by atoms with Crippen molar-refractivity contribution in [2.45, 2.75) is 12.5 Å². The Morgan fingerprint density at radius 1 is 1.35 bits per heavy atom. The smallest absolute Gasteiger partial charge is 0.334 e. The van der Waals surface area contributed by atoms with Gasteiger partial charge in [-0.05, 0) is 11.6 Å². The molecule has 1 aromatic rings. The van der Waals surface area contributed by atoms with Crippen molar-refractivity contribution in [2.75, 3.05) is 7.11 Å². The zero-order chi connectivity index (χ0) is 12.1. The fraction of sp³-hybridized carbons (Fsp3) is 0.214. The van der Waals surface area contributed by atoms with E-state index in [1.807, 2.05) is 42.5 Å². The van der Waals surface area contributed by atoms with Gasteiger partial charge in [0.15, 0.2) is 0 Å². The van der Waals surface area contributed by atoms with Gasteiger partial charge in [-0.2, -0.15) is 0 Å². The molecule has 17 heavy (non-hydrogen) atoms. The number of rotatable bonds is 3. The summed E-state index contributed by atoms with van der Waals surface area (Å²) in [7, 11) is 1.56. The predicted octanol–water partition coefficient (Wildman–Crippen LogP) is 2.55. The van der Waals surface area contributed by atoms with Gasteiger partial charge in [0.05, 0.1) is 13.2 Å². The molecule has 1 aliphatic rings. The zero-order valence-corrected chi connectivity index (χ0v) is 9.63. The van der Waals surface area contributed by atoms with Crippen LogP contribution in [0.4, 0.5) is 0 Å². The highest BCUT2D eigenvalue weighted by atomic mass is 16.5. The lowest BCUT2D eigenvalue weighted by molar-refractivity contribution is -0.142. The minimum atomic E-state index is -0.351. The summed E-state index contributed by atoms with van der Waals surface area (Å²) in [4.78, 5) is 11.2. The zero-order valence-electron chi connectivity index (χ0n) is 9.63. The first-order valence-electron chi connectivity index (χ1n) is 5.46. The molecule has 0 unspecified atom stereocenters. The van der Waals surface area contributed by atoms with Crippen molar-refractivity contribution in [2.24, 2.45) is 0 Å². The lowest BCUT2D eigenvalue weighted by atomic mass is 10.1. The van der Waals surface area contributed by atoms with Crippen LogP contribution < -0.4 is 0 Å². The topological polar surface area (TPSA) is 35.5 Å². The van der Waals surface area contributed by atoms with Crippen molar-refractivity contribution in [3.8, 4) is 0 Å². The monoisotopic (exact) mass is 230 g/mol. The molecule has 0 aliphatic carbocycles. The molecule has 0 saturated carbocycles. The average Bonchev–Trinajstić information content (AvgIpc) is 2.37. The molecule has 1 heterocycles. The van der Waals surface area contributed by atoms with Crippen molar-refractivity contribution in [3.05, 3.63) is 53.8 Å². The van der Waals surface area contributed by atoms with Crippen LogP contribution in [0.15, 0.2) is 48.2 Å². The minimum absolute atomic E-state index is 0.248. The van der Waals surface area contributed by atoms with E-state index in [4.69, 9.17) is 9.47 Å². The third-order valence-corrected chi connectivity index (χ3v) is 2.51. The predicted molar refractivity (Wildman–Crippen MR) is 65.1 cm³/mol. The summed E-state index contributed by atoms with van der Waals surface area (Å²) in [6, 6.07) is 9.88. The number of hydrogen-bond donors (Lipinski definition) is 0. The average molecular weight is 230 g/mol. The van der Waals surface area contributed by atoms with Gasteiger partial charge in [-0.15, -0.1) is 0 Å². The van der Waals surface area contributed by atoms with Crippen molar-refractivity contribution in [1.82, 2.24) is 0 Å². The largest absolute Gasteiger partial charge is 0.501 e. The minimum Gasteiger partial charge on any atom is -0.501 e. The molecule has 0 fully saturated rings. The Bertz CT molecular complexity index is 446. The van der Waals surface area contributed by atoms with Crippen LogP contribution in [-0.2, 0) is 14.3 Å². The van der Waals surface area contributed by atoms with Crippen molar-refractivity contribution >= 4 is 12.0 Å². The van der Waals surface area contributed by atoms with Gasteiger partial charge in [-0.3, -0.25) is 0 Å². The van der Waals surface area contributed by atoms with Crippen LogP contribution in [0.25, 0.3) is 6.08 Å². The second-order valence-corrected chi connectivity index (χ2v) is 3.76. The van der Waals surface area contributed by atoms with Crippen LogP contribution in [0.5, 0.6) is 0 Å². The van der Waals surface area contributed by atoms with E-state index < -0.39 is 0 Å². The van der Waals surface area contributed by atoms with Gasteiger partial charge in [0, 0.05) is 6.42 Å². The first-order chi connectivity index (χ1) is 8.28. The van der Waals surface area contributed by atoms with E-state index in [-0.39, 0.29) is 12.1 Å². The van der Waals surface area contributed by atoms with Crippen LogP contribution >= 0.6 is 0 Å². The van der Waals surface area contributed by atoms with Crippen molar-refractivity contribution in [3.63, 3.8) is 0 Å². The first-order valence-corrected chi connectivity index (χ1v) is 5.46. The van der Waals surface area contributed by atoms with E-state index in [1.54, 1.807) is 7.11 Å². The Hall–Kier alpha value is -2.03. The van der Waals surface area contributed by atoms with Crippen LogP contribution in [0.3, 0.4) is 0 Å². The number of ether oxygens (including phenoxy) is 2. The van der Waals surface area contributed by atoms with Gasteiger partial charge in [0.25, 0.3) is 0 Å². The Labute approximate surface area is 100 Å². The SMILES string of the molecule is COC1=CC(=O)O[C@H](C=Cc2ccccc2)C1. The summed E-state index contributed by atoms with van der Waals surface area (Å²) >= 11 is 0. The molecular weight excluding hydrogens is 216 g/mol. The fourth-order valence-corrected chi connectivity index (χ4v) is 1.65. The van der Waals surface area contributed by atoms with Crippen molar-refractivity contribution < 1.29 is 14.3 Å². The summed E-state index contributed by atoms with van der Waals surface area (Å²) in [5.41, 5.74) is 1.08. The quantitative estimate of drug-likeness (QED) is 0.748. The van der Waals surface area contributed by atoms with Gasteiger partial charge in [0.2, 0.25) is 0 Å². The maximum Gasteiger partial charge on any atom is 0.334 e. The van der Waals surface area contributed by atoms with Crippen LogP contribution in [0, 0.1) is 0 Å². The summed E-state index contributed by atoms with van der Waals surface area (Å²) in [6.07, 6.45) is 5.54. The molecule has 2 rings (SSSR count). The summed E-state index contributed by atoms with van der Waals surface area (Å²) in [5, 5.41) is 0. The second-order valence-electron chi connectivity index (χ2n) is 3.76. The molecule has 1 aromatic carbocycles. The fourth-order valence-electron chi connectivity index (χ4n) is 1.65. The van der Waals surface area contributed by atoms with Crippen LogP contribution in [0.2, 0.25) is 0 Å². The Morgan fingerprint density at radius 2 is 2.12 bits per heavy atom. The Balaban J connectivity index is 2.03. The highest BCUT2D eigenvalue weighted by Gasteiger charge is 2.19. The molecule has 0 saturated heterocycles. The maximum atomic E-state index is 11.2. The number of carbonyl (C=O) groups excluding carboxylic acids is 1. The molecule has 0 spiro atoms. The summed E-state index contributed by atoms with van der Waals surface area (Å²) < 4.78 is 10.2. The molecule has 0 N–H and O–H groups in total. The lowest BCUT2D eigenvalue weighted by Crippen LogP contribution is -2.21. The molecule has 88 valence electrons. The van der Waals surface area contributed by atoms with E-state index in [0.717, 1.165) is 5.56 Å². The third kappa shape index (κ3) is 3.21. The number of benzene rings is 1. The maximum absolute atomic E-state index is 11.2. The first kappa shape index (κ1) is 11.5. The summed E-state index contributed by atoms with van der Waals surface area (Å²) in [6.45, 7) is 0. The van der Waals surface area contributed by atoms with Gasteiger partial charge in [-0.25, -0.2) is 4.79 Å². The van der Waals surface area contributed by atoms with Gasteiger partial charge >= 0.3 is 5.97 Å². The normalized spacial score (nSPS) is 19.9. The molecule has 0 aromatic heterocycles. The number of esters is 1. The molecule has 3 nitrogen and oxygen atoms in total. The number of cyclic esters (lactones) is 1. The highest BCUT2D eigenvalue weighted by Crippen LogP contribution is 2.17. The van der Waals surface area contributed by atoms with Crippen LogP contribution in [-0.4, -0.2) is 19.2 Å². The third-order valence-electron chi connectivity index (χ3n) is 2.51. The molecule has 1 aliphatic heterocycles. The Kier molecular flexibility index (Phi) is 3.60. The Morgan fingerprint density at radius 3 is 2.82 bits per heavy atom. The number of hydrogen-bond acceptors (Lipinski definition) is 3. The van der Waals surface area contributed by atoms with E-state index in [9.17, 15) is 4.79 Å². The molecule has 0 radical (unpaired) electrons. The lowest BCUT2D eigenvalue weighted by Gasteiger charge is -2.19. The number of methoxy groups -OCH3 is 1. The van der Waals surface area contributed by atoms with Crippen molar-refractivity contribution in [1.29, 1.82) is 0 Å². The van der Waals surface area contributed by atoms with Gasteiger partial charge in [0.1, 0.15) is 11.9 Å². The van der Waals surface area contributed by atoms with Gasteiger partial charge < -0.3 is 9.47 Å². The second kappa shape index (κ2) is 5.34. The van der Waals surface area contributed by atoms with E-state index in [0.29, 0.717) is 12.2 Å².